The van der Waals surface area contributed by atoms with E-state index in [9.17, 15) is 14.4 Å². The maximum absolute atomic E-state index is 12.7. The lowest BCUT2D eigenvalue weighted by Crippen LogP contribution is -2.50. The molecule has 146 valence electrons. The molecule has 2 amide bonds. The zero-order chi connectivity index (χ0) is 20.3. The van der Waals surface area contributed by atoms with Crippen molar-refractivity contribution in [2.75, 3.05) is 26.2 Å². The predicted octanol–water partition coefficient (Wildman–Crippen LogP) is 2.25. The van der Waals surface area contributed by atoms with Crippen molar-refractivity contribution in [1.29, 1.82) is 0 Å². The SMILES string of the molecule is CCc1ccc(C(=O)N2CCN(C(=O)c3ccc(C(=O)O)c(C)n3)CC2)cc1. The number of carbonyl (C=O) groups excluding carboxylic acids is 2. The van der Waals surface area contributed by atoms with Gasteiger partial charge in [-0.1, -0.05) is 19.1 Å². The number of piperazine rings is 1. The summed E-state index contributed by atoms with van der Waals surface area (Å²) < 4.78 is 0. The van der Waals surface area contributed by atoms with Gasteiger partial charge in [0.1, 0.15) is 5.69 Å². The summed E-state index contributed by atoms with van der Waals surface area (Å²) in [5.74, 6) is -1.35. The Kier molecular flexibility index (Phi) is 5.73. The van der Waals surface area contributed by atoms with Crippen LogP contribution in [0, 0.1) is 6.92 Å². The Labute approximate surface area is 163 Å². The molecule has 7 heteroatoms. The number of amides is 2. The lowest BCUT2D eigenvalue weighted by molar-refractivity contribution is 0.0532. The number of pyridine rings is 1. The molecule has 0 saturated carbocycles. The Morgan fingerprint density at radius 3 is 2.00 bits per heavy atom. The molecule has 0 atom stereocenters. The topological polar surface area (TPSA) is 90.8 Å². The van der Waals surface area contributed by atoms with Gasteiger partial charge in [-0.25, -0.2) is 9.78 Å². The number of carboxylic acid groups (broad SMARTS) is 1. The normalized spacial score (nSPS) is 14.1. The van der Waals surface area contributed by atoms with Crippen LogP contribution in [0.5, 0.6) is 0 Å². The van der Waals surface area contributed by atoms with Crippen molar-refractivity contribution in [3.05, 3.63) is 64.5 Å². The summed E-state index contributed by atoms with van der Waals surface area (Å²) in [5.41, 5.74) is 2.45. The molecule has 1 aromatic heterocycles. The number of aromatic carboxylic acids is 1. The van der Waals surface area contributed by atoms with Crippen molar-refractivity contribution in [1.82, 2.24) is 14.8 Å². The van der Waals surface area contributed by atoms with Gasteiger partial charge < -0.3 is 14.9 Å². The first-order valence-corrected chi connectivity index (χ1v) is 9.29. The van der Waals surface area contributed by atoms with Crippen LogP contribution in [0.2, 0.25) is 0 Å². The number of hydrogen-bond acceptors (Lipinski definition) is 4. The highest BCUT2D eigenvalue weighted by Crippen LogP contribution is 2.14. The molecule has 0 unspecified atom stereocenters. The highest BCUT2D eigenvalue weighted by atomic mass is 16.4. The van der Waals surface area contributed by atoms with E-state index in [1.54, 1.807) is 16.7 Å². The van der Waals surface area contributed by atoms with E-state index in [0.717, 1.165) is 6.42 Å². The standard InChI is InChI=1S/C21H23N3O4/c1-3-15-4-6-16(7-5-15)19(25)23-10-12-24(13-11-23)20(26)18-9-8-17(21(27)28)14(2)22-18/h4-9H,3,10-13H2,1-2H3,(H,27,28). The van der Waals surface area contributed by atoms with Gasteiger partial charge in [-0.15, -0.1) is 0 Å². The lowest BCUT2D eigenvalue weighted by atomic mass is 10.1. The number of benzene rings is 1. The maximum atomic E-state index is 12.7. The molecular formula is C21H23N3O4. The molecule has 1 aliphatic heterocycles. The fourth-order valence-electron chi connectivity index (χ4n) is 3.25. The number of nitrogens with zero attached hydrogens (tertiary/aromatic N) is 3. The largest absolute Gasteiger partial charge is 0.478 e. The zero-order valence-electron chi connectivity index (χ0n) is 16.0. The lowest BCUT2D eigenvalue weighted by Gasteiger charge is -2.34. The van der Waals surface area contributed by atoms with Crippen LogP contribution >= 0.6 is 0 Å². The molecule has 0 radical (unpaired) electrons. The van der Waals surface area contributed by atoms with Crippen molar-refractivity contribution in [3.8, 4) is 0 Å². The second kappa shape index (κ2) is 8.21. The molecule has 7 nitrogen and oxygen atoms in total. The molecule has 0 spiro atoms. The van der Waals surface area contributed by atoms with Crippen LogP contribution in [0.25, 0.3) is 0 Å². The fraction of sp³-hybridized carbons (Fsp3) is 0.333. The third-order valence-corrected chi connectivity index (χ3v) is 5.00. The summed E-state index contributed by atoms with van der Waals surface area (Å²) >= 11 is 0. The molecule has 1 aromatic carbocycles. The molecule has 3 rings (SSSR count). The van der Waals surface area contributed by atoms with Crippen LogP contribution in [0.1, 0.15) is 49.4 Å². The van der Waals surface area contributed by atoms with Crippen LogP contribution in [-0.2, 0) is 6.42 Å². The summed E-state index contributed by atoms with van der Waals surface area (Å²) in [6.45, 7) is 5.37. The van der Waals surface area contributed by atoms with Crippen LogP contribution in [0.4, 0.5) is 0 Å². The molecule has 1 aliphatic rings. The molecule has 1 saturated heterocycles. The van der Waals surface area contributed by atoms with E-state index in [1.165, 1.54) is 17.7 Å². The number of carbonyl (C=O) groups is 3. The molecule has 28 heavy (non-hydrogen) atoms. The summed E-state index contributed by atoms with van der Waals surface area (Å²) in [5, 5.41) is 9.08. The second-order valence-corrected chi connectivity index (χ2v) is 6.77. The van der Waals surface area contributed by atoms with Gasteiger partial charge in [-0.05, 0) is 43.2 Å². The molecule has 0 bridgehead atoms. The average molecular weight is 381 g/mol. The third kappa shape index (κ3) is 4.03. The Balaban J connectivity index is 1.63. The van der Waals surface area contributed by atoms with E-state index in [1.807, 2.05) is 24.3 Å². The van der Waals surface area contributed by atoms with Crippen molar-refractivity contribution >= 4 is 17.8 Å². The first-order valence-electron chi connectivity index (χ1n) is 9.29. The van der Waals surface area contributed by atoms with E-state index >= 15 is 0 Å². The monoisotopic (exact) mass is 381 g/mol. The van der Waals surface area contributed by atoms with Crippen molar-refractivity contribution in [3.63, 3.8) is 0 Å². The summed E-state index contributed by atoms with van der Waals surface area (Å²) in [4.78, 5) is 43.9. The minimum absolute atomic E-state index is 0.0328. The van der Waals surface area contributed by atoms with Gasteiger partial charge in [0.2, 0.25) is 0 Å². The minimum Gasteiger partial charge on any atom is -0.478 e. The number of aryl methyl sites for hydroxylation is 2. The summed E-state index contributed by atoms with van der Waals surface area (Å²) in [6, 6.07) is 10.4. The first kappa shape index (κ1) is 19.5. The predicted molar refractivity (Wildman–Crippen MR) is 104 cm³/mol. The van der Waals surface area contributed by atoms with Crippen molar-refractivity contribution < 1.29 is 19.5 Å². The van der Waals surface area contributed by atoms with Gasteiger partial charge in [0.05, 0.1) is 11.3 Å². The molecule has 0 aliphatic carbocycles. The Morgan fingerprint density at radius 2 is 1.50 bits per heavy atom. The van der Waals surface area contributed by atoms with Gasteiger partial charge >= 0.3 is 5.97 Å². The smallest absolute Gasteiger partial charge is 0.337 e. The molecule has 2 aromatic rings. The number of carboxylic acids is 1. The van der Waals surface area contributed by atoms with E-state index in [2.05, 4.69) is 11.9 Å². The summed E-state index contributed by atoms with van der Waals surface area (Å²) in [6.07, 6.45) is 0.927. The van der Waals surface area contributed by atoms with Gasteiger partial charge in [0.25, 0.3) is 11.8 Å². The minimum atomic E-state index is -1.07. The Hall–Kier alpha value is -3.22. The van der Waals surface area contributed by atoms with Gasteiger partial charge in [-0.2, -0.15) is 0 Å². The zero-order valence-corrected chi connectivity index (χ0v) is 16.0. The number of hydrogen-bond donors (Lipinski definition) is 1. The van der Waals surface area contributed by atoms with Gasteiger partial charge in [-0.3, -0.25) is 9.59 Å². The second-order valence-electron chi connectivity index (χ2n) is 6.77. The molecule has 2 heterocycles. The Morgan fingerprint density at radius 1 is 0.929 bits per heavy atom. The molecule has 1 fully saturated rings. The first-order chi connectivity index (χ1) is 13.4. The van der Waals surface area contributed by atoms with E-state index in [-0.39, 0.29) is 23.1 Å². The van der Waals surface area contributed by atoms with Crippen LogP contribution in [0.15, 0.2) is 36.4 Å². The van der Waals surface area contributed by atoms with Gasteiger partial charge in [0, 0.05) is 31.7 Å². The highest BCUT2D eigenvalue weighted by Gasteiger charge is 2.26. The van der Waals surface area contributed by atoms with Crippen LogP contribution in [-0.4, -0.2) is 63.9 Å². The number of rotatable bonds is 4. The van der Waals surface area contributed by atoms with E-state index in [4.69, 9.17) is 5.11 Å². The van der Waals surface area contributed by atoms with Crippen molar-refractivity contribution in [2.24, 2.45) is 0 Å². The van der Waals surface area contributed by atoms with Crippen LogP contribution < -0.4 is 0 Å². The van der Waals surface area contributed by atoms with E-state index < -0.39 is 5.97 Å². The Bertz CT molecular complexity index is 900. The van der Waals surface area contributed by atoms with Gasteiger partial charge in [0.15, 0.2) is 0 Å². The maximum Gasteiger partial charge on any atom is 0.337 e. The number of aromatic nitrogens is 1. The average Bonchev–Trinajstić information content (AvgIpc) is 2.72. The van der Waals surface area contributed by atoms with Crippen molar-refractivity contribution in [2.45, 2.75) is 20.3 Å². The molecule has 1 N–H and O–H groups in total. The van der Waals surface area contributed by atoms with E-state index in [0.29, 0.717) is 37.4 Å². The molecular weight excluding hydrogens is 358 g/mol. The third-order valence-electron chi connectivity index (χ3n) is 5.00. The summed E-state index contributed by atoms with van der Waals surface area (Å²) in [7, 11) is 0. The highest BCUT2D eigenvalue weighted by molar-refractivity contribution is 5.96. The fourth-order valence-corrected chi connectivity index (χ4v) is 3.25. The quantitative estimate of drug-likeness (QED) is 0.877. The van der Waals surface area contributed by atoms with Crippen LogP contribution in [0.3, 0.4) is 0 Å².